The van der Waals surface area contributed by atoms with E-state index in [0.29, 0.717) is 5.56 Å². The molecular formula is C10H13FN2O. The van der Waals surface area contributed by atoms with Gasteiger partial charge < -0.3 is 10.0 Å². The Morgan fingerprint density at radius 3 is 2.79 bits per heavy atom. The first kappa shape index (κ1) is 9.40. The monoisotopic (exact) mass is 196 g/mol. The molecule has 0 amide bonds. The highest BCUT2D eigenvalue weighted by molar-refractivity contribution is 5.47. The number of pyridine rings is 1. The molecule has 0 aromatic carbocycles. The molecule has 14 heavy (non-hydrogen) atoms. The van der Waals surface area contributed by atoms with Gasteiger partial charge in [-0.1, -0.05) is 0 Å². The van der Waals surface area contributed by atoms with Gasteiger partial charge in [0.25, 0.3) is 0 Å². The quantitative estimate of drug-likeness (QED) is 0.774. The van der Waals surface area contributed by atoms with Crippen LogP contribution in [0.3, 0.4) is 0 Å². The van der Waals surface area contributed by atoms with Crippen molar-refractivity contribution >= 4 is 5.82 Å². The van der Waals surface area contributed by atoms with Crippen molar-refractivity contribution in [1.82, 2.24) is 4.98 Å². The van der Waals surface area contributed by atoms with Crippen LogP contribution >= 0.6 is 0 Å². The van der Waals surface area contributed by atoms with E-state index in [-0.39, 0.29) is 6.61 Å². The molecular weight excluding hydrogens is 183 g/mol. The first-order valence-corrected chi connectivity index (χ1v) is 4.81. The van der Waals surface area contributed by atoms with Crippen LogP contribution in [0.4, 0.5) is 10.2 Å². The highest BCUT2D eigenvalue weighted by Gasteiger charge is 2.16. The Balaban J connectivity index is 2.31. The number of aliphatic hydroxyl groups excluding tert-OH is 1. The van der Waals surface area contributed by atoms with Crippen molar-refractivity contribution in [2.24, 2.45) is 0 Å². The molecule has 0 spiro atoms. The summed E-state index contributed by atoms with van der Waals surface area (Å²) < 4.78 is 12.8. The molecule has 0 unspecified atom stereocenters. The van der Waals surface area contributed by atoms with Crippen LogP contribution in [0.25, 0.3) is 0 Å². The van der Waals surface area contributed by atoms with Crippen molar-refractivity contribution in [2.75, 3.05) is 18.0 Å². The Kier molecular flexibility index (Phi) is 2.63. The van der Waals surface area contributed by atoms with Gasteiger partial charge in [-0.15, -0.1) is 0 Å². The molecule has 1 aromatic heterocycles. The van der Waals surface area contributed by atoms with Crippen LogP contribution in [0.5, 0.6) is 0 Å². The van der Waals surface area contributed by atoms with Crippen molar-refractivity contribution in [1.29, 1.82) is 0 Å². The zero-order valence-corrected chi connectivity index (χ0v) is 7.91. The molecule has 1 aromatic rings. The molecule has 1 saturated heterocycles. The van der Waals surface area contributed by atoms with Gasteiger partial charge in [0.05, 0.1) is 12.8 Å². The van der Waals surface area contributed by atoms with Crippen molar-refractivity contribution in [2.45, 2.75) is 19.4 Å². The zero-order valence-electron chi connectivity index (χ0n) is 7.91. The minimum atomic E-state index is -0.392. The van der Waals surface area contributed by atoms with Gasteiger partial charge in [0.1, 0.15) is 11.6 Å². The lowest BCUT2D eigenvalue weighted by molar-refractivity contribution is 0.281. The Morgan fingerprint density at radius 2 is 2.14 bits per heavy atom. The first-order valence-electron chi connectivity index (χ1n) is 4.81. The van der Waals surface area contributed by atoms with Gasteiger partial charge >= 0.3 is 0 Å². The summed E-state index contributed by atoms with van der Waals surface area (Å²) in [5, 5.41) is 9.07. The van der Waals surface area contributed by atoms with Crippen LogP contribution < -0.4 is 4.90 Å². The number of anilines is 1. The summed E-state index contributed by atoms with van der Waals surface area (Å²) in [6, 6.07) is 1.35. The van der Waals surface area contributed by atoms with Gasteiger partial charge in [-0.05, 0) is 18.9 Å². The van der Waals surface area contributed by atoms with Gasteiger partial charge in [-0.25, -0.2) is 9.37 Å². The topological polar surface area (TPSA) is 36.4 Å². The zero-order chi connectivity index (χ0) is 9.97. The van der Waals surface area contributed by atoms with E-state index in [1.807, 2.05) is 0 Å². The fraction of sp³-hybridized carbons (Fsp3) is 0.500. The molecule has 1 aliphatic rings. The maximum atomic E-state index is 12.8. The minimum Gasteiger partial charge on any atom is -0.392 e. The molecule has 3 nitrogen and oxygen atoms in total. The van der Waals surface area contributed by atoms with Gasteiger partial charge in [0.15, 0.2) is 0 Å². The van der Waals surface area contributed by atoms with Gasteiger partial charge in [-0.2, -0.15) is 0 Å². The molecule has 1 fully saturated rings. The lowest BCUT2D eigenvalue weighted by atomic mass is 10.2. The van der Waals surface area contributed by atoms with Gasteiger partial charge in [0.2, 0.25) is 0 Å². The molecule has 76 valence electrons. The average Bonchev–Trinajstić information content (AvgIpc) is 2.70. The molecule has 0 atom stereocenters. The number of hydrogen-bond acceptors (Lipinski definition) is 3. The van der Waals surface area contributed by atoms with Gasteiger partial charge in [0, 0.05) is 18.7 Å². The third-order valence-corrected chi connectivity index (χ3v) is 2.49. The molecule has 1 N–H and O–H groups in total. The Bertz CT molecular complexity index is 324. The van der Waals surface area contributed by atoms with Crippen molar-refractivity contribution in [3.63, 3.8) is 0 Å². The Labute approximate surface area is 82.2 Å². The number of rotatable bonds is 2. The number of hydrogen-bond donors (Lipinski definition) is 1. The molecule has 0 bridgehead atoms. The summed E-state index contributed by atoms with van der Waals surface area (Å²) >= 11 is 0. The molecule has 0 saturated carbocycles. The summed E-state index contributed by atoms with van der Waals surface area (Å²) in [7, 11) is 0. The van der Waals surface area contributed by atoms with Crippen LogP contribution in [0.2, 0.25) is 0 Å². The largest absolute Gasteiger partial charge is 0.392 e. The van der Waals surface area contributed by atoms with Crippen LogP contribution in [-0.4, -0.2) is 23.2 Å². The van der Waals surface area contributed by atoms with E-state index in [2.05, 4.69) is 9.88 Å². The maximum absolute atomic E-state index is 12.8. The predicted octanol–water partition coefficient (Wildman–Crippen LogP) is 1.31. The predicted molar refractivity (Wildman–Crippen MR) is 51.6 cm³/mol. The van der Waals surface area contributed by atoms with Crippen molar-refractivity contribution in [3.8, 4) is 0 Å². The van der Waals surface area contributed by atoms with Crippen molar-refractivity contribution in [3.05, 3.63) is 23.6 Å². The lowest BCUT2D eigenvalue weighted by Crippen LogP contribution is -2.20. The van der Waals surface area contributed by atoms with E-state index < -0.39 is 5.82 Å². The fourth-order valence-electron chi connectivity index (χ4n) is 1.80. The van der Waals surface area contributed by atoms with Crippen LogP contribution in [0, 0.1) is 5.82 Å². The second-order valence-corrected chi connectivity index (χ2v) is 3.49. The molecule has 0 aliphatic carbocycles. The minimum absolute atomic E-state index is 0.156. The van der Waals surface area contributed by atoms with E-state index in [4.69, 9.17) is 5.11 Å². The van der Waals surface area contributed by atoms with E-state index in [1.165, 1.54) is 12.3 Å². The SMILES string of the molecule is OCc1cc(F)cnc1N1CCCC1. The number of aromatic nitrogens is 1. The molecule has 4 heteroatoms. The molecule has 2 rings (SSSR count). The van der Waals surface area contributed by atoms with Gasteiger partial charge in [-0.3, -0.25) is 0 Å². The number of halogens is 1. The average molecular weight is 196 g/mol. The summed E-state index contributed by atoms with van der Waals surface area (Å²) in [4.78, 5) is 6.11. The highest BCUT2D eigenvalue weighted by Crippen LogP contribution is 2.22. The van der Waals surface area contributed by atoms with E-state index in [1.54, 1.807) is 0 Å². The van der Waals surface area contributed by atoms with Crippen LogP contribution in [0.1, 0.15) is 18.4 Å². The highest BCUT2D eigenvalue weighted by atomic mass is 19.1. The second kappa shape index (κ2) is 3.92. The number of aliphatic hydroxyl groups is 1. The van der Waals surface area contributed by atoms with Crippen molar-refractivity contribution < 1.29 is 9.50 Å². The second-order valence-electron chi connectivity index (χ2n) is 3.49. The molecule has 0 radical (unpaired) electrons. The van der Waals surface area contributed by atoms with E-state index >= 15 is 0 Å². The summed E-state index contributed by atoms with van der Waals surface area (Å²) in [5.41, 5.74) is 0.576. The Morgan fingerprint density at radius 1 is 1.43 bits per heavy atom. The standard InChI is InChI=1S/C10H13FN2O/c11-9-5-8(7-14)10(12-6-9)13-3-1-2-4-13/h5-6,14H,1-4,7H2. The lowest BCUT2D eigenvalue weighted by Gasteiger charge is -2.18. The molecule has 2 heterocycles. The first-order chi connectivity index (χ1) is 6.81. The third kappa shape index (κ3) is 1.70. The Hall–Kier alpha value is -1.16. The molecule has 1 aliphatic heterocycles. The van der Waals surface area contributed by atoms with Crippen LogP contribution in [-0.2, 0) is 6.61 Å². The fourth-order valence-corrected chi connectivity index (χ4v) is 1.80. The summed E-state index contributed by atoms with van der Waals surface area (Å²) in [6.45, 7) is 1.74. The normalized spacial score (nSPS) is 16.3. The van der Waals surface area contributed by atoms with E-state index in [0.717, 1.165) is 31.7 Å². The smallest absolute Gasteiger partial charge is 0.142 e. The summed E-state index contributed by atoms with van der Waals surface area (Å²) in [5.74, 6) is 0.336. The maximum Gasteiger partial charge on any atom is 0.142 e. The number of nitrogens with zero attached hydrogens (tertiary/aromatic N) is 2. The summed E-state index contributed by atoms with van der Waals surface area (Å²) in [6.07, 6.45) is 3.49. The van der Waals surface area contributed by atoms with E-state index in [9.17, 15) is 4.39 Å². The third-order valence-electron chi connectivity index (χ3n) is 2.49. The van der Waals surface area contributed by atoms with Crippen LogP contribution in [0.15, 0.2) is 12.3 Å².